The van der Waals surface area contributed by atoms with Crippen LogP contribution in [0.5, 0.6) is 5.75 Å². The number of hydrogen-bond acceptors (Lipinski definition) is 3. The van der Waals surface area contributed by atoms with Gasteiger partial charge in [-0.2, -0.15) is 5.10 Å². The lowest BCUT2D eigenvalue weighted by Gasteiger charge is -2.10. The number of rotatable bonds is 6. The van der Waals surface area contributed by atoms with Gasteiger partial charge in [0.15, 0.2) is 5.78 Å². The van der Waals surface area contributed by atoms with Crippen molar-refractivity contribution in [1.29, 1.82) is 0 Å². The fraction of sp³-hybridized carbons (Fsp3) is 0.120. The average molecular weight is 382 g/mol. The van der Waals surface area contributed by atoms with Crippen LogP contribution in [0.2, 0.25) is 0 Å². The SMILES string of the molecule is Cc1ccc(-n2cc(C(=O)c3ccccc3OCc3cccc(C)c3)cn2)cc1. The average Bonchev–Trinajstić information content (AvgIpc) is 3.23. The highest BCUT2D eigenvalue weighted by molar-refractivity contribution is 6.10. The van der Waals surface area contributed by atoms with Gasteiger partial charge in [0.2, 0.25) is 0 Å². The van der Waals surface area contributed by atoms with E-state index in [0.717, 1.165) is 11.3 Å². The molecule has 0 N–H and O–H groups in total. The molecule has 0 aliphatic carbocycles. The summed E-state index contributed by atoms with van der Waals surface area (Å²) in [5.74, 6) is 0.463. The summed E-state index contributed by atoms with van der Waals surface area (Å²) in [6.45, 7) is 4.50. The number of benzene rings is 3. The van der Waals surface area contributed by atoms with Crippen molar-refractivity contribution in [2.45, 2.75) is 20.5 Å². The molecule has 1 aromatic heterocycles. The van der Waals surface area contributed by atoms with Crippen molar-refractivity contribution in [3.8, 4) is 11.4 Å². The zero-order valence-corrected chi connectivity index (χ0v) is 16.5. The van der Waals surface area contributed by atoms with Crippen molar-refractivity contribution in [1.82, 2.24) is 9.78 Å². The van der Waals surface area contributed by atoms with E-state index >= 15 is 0 Å². The van der Waals surface area contributed by atoms with Crippen LogP contribution >= 0.6 is 0 Å². The lowest BCUT2D eigenvalue weighted by Crippen LogP contribution is -2.05. The number of hydrogen-bond donors (Lipinski definition) is 0. The number of nitrogens with zero attached hydrogens (tertiary/aromatic N) is 2. The van der Waals surface area contributed by atoms with Crippen LogP contribution < -0.4 is 4.74 Å². The van der Waals surface area contributed by atoms with Crippen LogP contribution in [0.3, 0.4) is 0 Å². The first-order chi connectivity index (χ1) is 14.1. The number of ketones is 1. The van der Waals surface area contributed by atoms with E-state index in [9.17, 15) is 4.79 Å². The predicted molar refractivity (Wildman–Crippen MR) is 114 cm³/mol. The lowest BCUT2D eigenvalue weighted by atomic mass is 10.1. The van der Waals surface area contributed by atoms with Gasteiger partial charge in [0.05, 0.1) is 23.0 Å². The molecule has 4 rings (SSSR count). The molecule has 0 aliphatic heterocycles. The summed E-state index contributed by atoms with van der Waals surface area (Å²) < 4.78 is 7.69. The summed E-state index contributed by atoms with van der Waals surface area (Å²) in [6, 6.07) is 23.5. The van der Waals surface area contributed by atoms with E-state index in [1.165, 1.54) is 11.1 Å². The maximum atomic E-state index is 13.1. The van der Waals surface area contributed by atoms with E-state index in [0.29, 0.717) is 23.5 Å². The number of carbonyl (C=O) groups excluding carboxylic acids is 1. The fourth-order valence-corrected chi connectivity index (χ4v) is 3.18. The van der Waals surface area contributed by atoms with Gasteiger partial charge in [-0.3, -0.25) is 4.79 Å². The van der Waals surface area contributed by atoms with E-state index in [4.69, 9.17) is 4.74 Å². The summed E-state index contributed by atoms with van der Waals surface area (Å²) in [6.07, 6.45) is 3.35. The van der Waals surface area contributed by atoms with Gasteiger partial charge in [-0.25, -0.2) is 4.68 Å². The Morgan fingerprint density at radius 3 is 2.52 bits per heavy atom. The van der Waals surface area contributed by atoms with Crippen LogP contribution in [0.4, 0.5) is 0 Å². The summed E-state index contributed by atoms with van der Waals surface area (Å²) in [5.41, 5.74) is 5.40. The Morgan fingerprint density at radius 2 is 1.72 bits per heavy atom. The molecule has 0 saturated carbocycles. The summed E-state index contributed by atoms with van der Waals surface area (Å²) in [7, 11) is 0. The van der Waals surface area contributed by atoms with Crippen molar-refractivity contribution in [2.75, 3.05) is 0 Å². The van der Waals surface area contributed by atoms with Gasteiger partial charge < -0.3 is 4.74 Å². The van der Waals surface area contributed by atoms with Crippen LogP contribution in [0.1, 0.15) is 32.6 Å². The second kappa shape index (κ2) is 8.15. The van der Waals surface area contributed by atoms with E-state index in [1.54, 1.807) is 23.1 Å². The Labute approximate surface area is 170 Å². The molecule has 144 valence electrons. The maximum Gasteiger partial charge on any atom is 0.199 e. The van der Waals surface area contributed by atoms with Gasteiger partial charge in [-0.05, 0) is 43.7 Å². The zero-order chi connectivity index (χ0) is 20.2. The number of aromatic nitrogens is 2. The van der Waals surface area contributed by atoms with Crippen molar-refractivity contribution in [3.05, 3.63) is 113 Å². The molecule has 29 heavy (non-hydrogen) atoms. The third-order valence-electron chi connectivity index (χ3n) is 4.75. The Balaban J connectivity index is 1.55. The molecule has 0 radical (unpaired) electrons. The largest absolute Gasteiger partial charge is 0.488 e. The number of ether oxygens (including phenoxy) is 1. The Kier molecular flexibility index (Phi) is 5.25. The highest BCUT2D eigenvalue weighted by atomic mass is 16.5. The van der Waals surface area contributed by atoms with Crippen LogP contribution in [0.15, 0.2) is 85.2 Å². The normalized spacial score (nSPS) is 10.7. The van der Waals surface area contributed by atoms with Gasteiger partial charge in [-0.1, -0.05) is 59.7 Å². The molecule has 0 unspecified atom stereocenters. The molecular formula is C25H22N2O2. The Bertz CT molecular complexity index is 1140. The second-order valence-electron chi connectivity index (χ2n) is 7.11. The number of para-hydroxylation sites is 1. The molecule has 0 aliphatic rings. The first-order valence-corrected chi connectivity index (χ1v) is 9.54. The van der Waals surface area contributed by atoms with Crippen molar-refractivity contribution >= 4 is 5.78 Å². The number of carbonyl (C=O) groups is 1. The first-order valence-electron chi connectivity index (χ1n) is 9.54. The van der Waals surface area contributed by atoms with Crippen molar-refractivity contribution in [3.63, 3.8) is 0 Å². The molecule has 4 aromatic rings. The molecule has 0 saturated heterocycles. The van der Waals surface area contributed by atoms with Gasteiger partial charge in [0, 0.05) is 6.20 Å². The monoisotopic (exact) mass is 382 g/mol. The molecule has 1 heterocycles. The smallest absolute Gasteiger partial charge is 0.199 e. The lowest BCUT2D eigenvalue weighted by molar-refractivity contribution is 0.103. The van der Waals surface area contributed by atoms with E-state index in [2.05, 4.69) is 11.2 Å². The molecule has 0 fully saturated rings. The van der Waals surface area contributed by atoms with Gasteiger partial charge in [0.1, 0.15) is 12.4 Å². The molecule has 0 atom stereocenters. The molecule has 4 nitrogen and oxygen atoms in total. The molecule has 0 spiro atoms. The standard InChI is InChI=1S/C25H22N2O2/c1-18-10-12-22(13-11-18)27-16-21(15-26-27)25(28)23-8-3-4-9-24(23)29-17-20-7-5-6-19(2)14-20/h3-16H,17H2,1-2H3. The summed E-state index contributed by atoms with van der Waals surface area (Å²) >= 11 is 0. The quantitative estimate of drug-likeness (QED) is 0.425. The molecular weight excluding hydrogens is 360 g/mol. The minimum absolute atomic E-state index is 0.108. The third-order valence-corrected chi connectivity index (χ3v) is 4.75. The van der Waals surface area contributed by atoms with Crippen LogP contribution in [0.25, 0.3) is 5.69 Å². The Morgan fingerprint density at radius 1 is 0.931 bits per heavy atom. The topological polar surface area (TPSA) is 44.1 Å². The van der Waals surface area contributed by atoms with E-state index < -0.39 is 0 Å². The van der Waals surface area contributed by atoms with Crippen LogP contribution in [-0.4, -0.2) is 15.6 Å². The van der Waals surface area contributed by atoms with E-state index in [1.807, 2.05) is 74.5 Å². The highest BCUT2D eigenvalue weighted by Gasteiger charge is 2.16. The Hall–Kier alpha value is -3.66. The molecule has 0 bridgehead atoms. The zero-order valence-electron chi connectivity index (χ0n) is 16.5. The third kappa shape index (κ3) is 4.27. The predicted octanol–water partition coefficient (Wildman–Crippen LogP) is 5.30. The second-order valence-corrected chi connectivity index (χ2v) is 7.11. The van der Waals surface area contributed by atoms with Gasteiger partial charge in [-0.15, -0.1) is 0 Å². The highest BCUT2D eigenvalue weighted by Crippen LogP contribution is 2.23. The number of aryl methyl sites for hydroxylation is 2. The summed E-state index contributed by atoms with van der Waals surface area (Å²) in [5, 5.41) is 4.35. The fourth-order valence-electron chi connectivity index (χ4n) is 3.18. The van der Waals surface area contributed by atoms with Gasteiger partial charge >= 0.3 is 0 Å². The van der Waals surface area contributed by atoms with Crippen molar-refractivity contribution in [2.24, 2.45) is 0 Å². The van der Waals surface area contributed by atoms with Crippen molar-refractivity contribution < 1.29 is 9.53 Å². The molecule has 4 heteroatoms. The van der Waals surface area contributed by atoms with Crippen LogP contribution in [0, 0.1) is 13.8 Å². The minimum atomic E-state index is -0.108. The molecule has 3 aromatic carbocycles. The van der Waals surface area contributed by atoms with Crippen LogP contribution in [-0.2, 0) is 6.61 Å². The van der Waals surface area contributed by atoms with Gasteiger partial charge in [0.25, 0.3) is 0 Å². The summed E-state index contributed by atoms with van der Waals surface area (Å²) in [4.78, 5) is 13.1. The first kappa shape index (κ1) is 18.7. The minimum Gasteiger partial charge on any atom is -0.488 e. The maximum absolute atomic E-state index is 13.1. The van der Waals surface area contributed by atoms with E-state index in [-0.39, 0.29) is 5.78 Å². The molecule has 0 amide bonds.